The lowest BCUT2D eigenvalue weighted by atomic mass is 9.45. The highest BCUT2D eigenvalue weighted by Gasteiger charge is 2.60. The normalized spacial score (nSPS) is 43.2. The Bertz CT molecular complexity index is 673. The summed E-state index contributed by atoms with van der Waals surface area (Å²) in [6.45, 7) is 7.44. The van der Waals surface area contributed by atoms with Crippen LogP contribution in [0.25, 0.3) is 0 Å². The van der Waals surface area contributed by atoms with Crippen LogP contribution in [0.1, 0.15) is 98.3 Å². The van der Waals surface area contributed by atoms with E-state index in [-0.39, 0.29) is 17.8 Å². The number of carbonyl (C=O) groups excluding carboxylic acids is 2. The van der Waals surface area contributed by atoms with E-state index in [0.717, 1.165) is 30.6 Å². The first-order valence-electron chi connectivity index (χ1n) is 12.2. The van der Waals surface area contributed by atoms with E-state index in [1.807, 2.05) is 0 Å². The number of hydrogen-bond donors (Lipinski definition) is 1. The van der Waals surface area contributed by atoms with Crippen LogP contribution >= 0.6 is 0 Å². The molecular weight excluding hydrogens is 380 g/mol. The van der Waals surface area contributed by atoms with E-state index in [1.165, 1.54) is 65.2 Å². The standard InChI is InChI=1S/C25H40O5/c1-16(26)29-25(28,30-17(2)27)15-19-9-11-21-20-10-8-18-7-5-6-13-23(18,3)22(20)12-14-24(19,21)4/h18-22,28H,5-15H2,1-4H3/t18?,19-,20+,21+,22+,23+,24-/m1/s1. The maximum Gasteiger partial charge on any atom is 0.373 e. The second kappa shape index (κ2) is 7.79. The summed E-state index contributed by atoms with van der Waals surface area (Å²) in [6, 6.07) is 0. The summed E-state index contributed by atoms with van der Waals surface area (Å²) in [6.07, 6.45) is 13.1. The minimum absolute atomic E-state index is 0.104. The van der Waals surface area contributed by atoms with Gasteiger partial charge in [0.15, 0.2) is 0 Å². The molecule has 4 aliphatic rings. The first kappa shape index (κ1) is 22.1. The lowest BCUT2D eigenvalue weighted by Crippen LogP contribution is -2.53. The minimum atomic E-state index is -2.15. The number of rotatable bonds is 4. The second-order valence-electron chi connectivity index (χ2n) is 11.3. The summed E-state index contributed by atoms with van der Waals surface area (Å²) in [5.41, 5.74) is 0.615. The van der Waals surface area contributed by atoms with Gasteiger partial charge in [0.1, 0.15) is 0 Å². The third kappa shape index (κ3) is 3.69. The molecule has 170 valence electrons. The highest BCUT2D eigenvalue weighted by molar-refractivity contribution is 5.68. The molecule has 1 unspecified atom stereocenters. The summed E-state index contributed by atoms with van der Waals surface area (Å²) >= 11 is 0. The van der Waals surface area contributed by atoms with Crippen LogP contribution in [0.15, 0.2) is 0 Å². The molecular formula is C25H40O5. The Hall–Kier alpha value is -1.10. The third-order valence-electron chi connectivity index (χ3n) is 9.89. The van der Waals surface area contributed by atoms with Crippen LogP contribution in [-0.2, 0) is 19.1 Å². The predicted octanol–water partition coefficient (Wildman–Crippen LogP) is 5.20. The molecule has 0 aromatic heterocycles. The smallest absolute Gasteiger partial charge is 0.373 e. The lowest BCUT2D eigenvalue weighted by Gasteiger charge is -2.60. The molecule has 4 rings (SSSR count). The molecule has 5 heteroatoms. The van der Waals surface area contributed by atoms with Gasteiger partial charge in [-0.15, -0.1) is 0 Å². The lowest BCUT2D eigenvalue weighted by molar-refractivity contribution is -0.333. The summed E-state index contributed by atoms with van der Waals surface area (Å²) < 4.78 is 10.2. The van der Waals surface area contributed by atoms with Gasteiger partial charge in [0.05, 0.1) is 6.42 Å². The summed E-state index contributed by atoms with van der Waals surface area (Å²) in [7, 11) is 0. The van der Waals surface area contributed by atoms with E-state index in [2.05, 4.69) is 13.8 Å². The predicted molar refractivity (Wildman–Crippen MR) is 113 cm³/mol. The summed E-state index contributed by atoms with van der Waals surface area (Å²) in [5, 5.41) is 10.9. The quantitative estimate of drug-likeness (QED) is 0.500. The first-order valence-corrected chi connectivity index (χ1v) is 12.2. The van der Waals surface area contributed by atoms with Gasteiger partial charge in [-0.3, -0.25) is 9.59 Å². The van der Waals surface area contributed by atoms with Crippen molar-refractivity contribution in [2.24, 2.45) is 40.4 Å². The number of esters is 2. The fourth-order valence-corrected chi connectivity index (χ4v) is 8.60. The Morgan fingerprint density at radius 3 is 2.20 bits per heavy atom. The fourth-order valence-electron chi connectivity index (χ4n) is 8.60. The molecule has 30 heavy (non-hydrogen) atoms. The zero-order chi connectivity index (χ0) is 21.7. The van der Waals surface area contributed by atoms with Crippen LogP contribution in [-0.4, -0.2) is 23.0 Å². The average molecular weight is 421 g/mol. The molecule has 0 heterocycles. The SMILES string of the molecule is CC(=O)OC(O)(C[C@H]1CC[C@H]2[C@@H]3CCC4CCCC[C@]4(C)[C@H]3CC[C@]12C)OC(C)=O. The molecule has 0 aromatic carbocycles. The van der Waals surface area contributed by atoms with Crippen molar-refractivity contribution in [2.75, 3.05) is 0 Å². The van der Waals surface area contributed by atoms with Gasteiger partial charge in [-0.2, -0.15) is 0 Å². The molecule has 4 fully saturated rings. The van der Waals surface area contributed by atoms with Crippen LogP contribution in [0.5, 0.6) is 0 Å². The van der Waals surface area contributed by atoms with Crippen LogP contribution in [0.4, 0.5) is 0 Å². The summed E-state index contributed by atoms with van der Waals surface area (Å²) in [5.74, 6) is -0.0744. The van der Waals surface area contributed by atoms with E-state index >= 15 is 0 Å². The van der Waals surface area contributed by atoms with Gasteiger partial charge >= 0.3 is 17.9 Å². The maximum atomic E-state index is 11.6. The average Bonchev–Trinajstić information content (AvgIpc) is 2.95. The fraction of sp³-hybridized carbons (Fsp3) is 0.920. The van der Waals surface area contributed by atoms with Gasteiger partial charge in [-0.05, 0) is 91.8 Å². The topological polar surface area (TPSA) is 72.8 Å². The van der Waals surface area contributed by atoms with Crippen molar-refractivity contribution in [3.8, 4) is 0 Å². The van der Waals surface area contributed by atoms with Crippen molar-refractivity contribution in [2.45, 2.75) is 104 Å². The Morgan fingerprint density at radius 1 is 0.867 bits per heavy atom. The van der Waals surface area contributed by atoms with Crippen molar-refractivity contribution < 1.29 is 24.2 Å². The minimum Gasteiger partial charge on any atom is -0.398 e. The Morgan fingerprint density at radius 2 is 1.53 bits per heavy atom. The monoisotopic (exact) mass is 420 g/mol. The molecule has 0 radical (unpaired) electrons. The van der Waals surface area contributed by atoms with E-state index in [4.69, 9.17) is 9.47 Å². The van der Waals surface area contributed by atoms with Gasteiger partial charge < -0.3 is 14.6 Å². The number of hydrogen-bond acceptors (Lipinski definition) is 5. The van der Waals surface area contributed by atoms with E-state index < -0.39 is 17.9 Å². The highest BCUT2D eigenvalue weighted by Crippen LogP contribution is 2.68. The number of fused-ring (bicyclic) bond motifs is 5. The second-order valence-corrected chi connectivity index (χ2v) is 11.3. The maximum absolute atomic E-state index is 11.6. The zero-order valence-electron chi connectivity index (χ0n) is 19.2. The van der Waals surface area contributed by atoms with Crippen LogP contribution in [0, 0.1) is 40.4 Å². The third-order valence-corrected chi connectivity index (χ3v) is 9.89. The zero-order valence-corrected chi connectivity index (χ0v) is 19.2. The van der Waals surface area contributed by atoms with Gasteiger partial charge in [0, 0.05) is 13.8 Å². The van der Waals surface area contributed by atoms with Crippen LogP contribution in [0.2, 0.25) is 0 Å². The van der Waals surface area contributed by atoms with E-state index in [1.54, 1.807) is 0 Å². The Labute approximate surface area is 181 Å². The molecule has 0 aliphatic heterocycles. The van der Waals surface area contributed by atoms with Gasteiger partial charge in [-0.1, -0.05) is 26.7 Å². The molecule has 0 aromatic rings. The Balaban J connectivity index is 1.53. The van der Waals surface area contributed by atoms with Crippen molar-refractivity contribution in [3.05, 3.63) is 0 Å². The molecule has 5 nitrogen and oxygen atoms in total. The van der Waals surface area contributed by atoms with E-state index in [9.17, 15) is 14.7 Å². The molecule has 0 amide bonds. The van der Waals surface area contributed by atoms with E-state index in [0.29, 0.717) is 11.3 Å². The van der Waals surface area contributed by atoms with Crippen molar-refractivity contribution in [3.63, 3.8) is 0 Å². The number of carbonyl (C=O) groups is 2. The van der Waals surface area contributed by atoms with Crippen molar-refractivity contribution in [1.82, 2.24) is 0 Å². The molecule has 4 saturated carbocycles. The molecule has 7 atom stereocenters. The van der Waals surface area contributed by atoms with Crippen molar-refractivity contribution in [1.29, 1.82) is 0 Å². The Kier molecular flexibility index (Phi) is 5.74. The van der Waals surface area contributed by atoms with Crippen LogP contribution in [0.3, 0.4) is 0 Å². The molecule has 0 bridgehead atoms. The molecule has 1 N–H and O–H groups in total. The van der Waals surface area contributed by atoms with Gasteiger partial charge in [-0.25, -0.2) is 0 Å². The first-order chi connectivity index (χ1) is 14.1. The van der Waals surface area contributed by atoms with Crippen LogP contribution < -0.4 is 0 Å². The molecule has 0 saturated heterocycles. The molecule has 4 aliphatic carbocycles. The number of aliphatic hydroxyl groups is 1. The number of ether oxygens (including phenoxy) is 2. The van der Waals surface area contributed by atoms with Gasteiger partial charge in [0.2, 0.25) is 0 Å². The highest BCUT2D eigenvalue weighted by atomic mass is 16.8. The molecule has 0 spiro atoms. The van der Waals surface area contributed by atoms with Gasteiger partial charge in [0.25, 0.3) is 0 Å². The largest absolute Gasteiger partial charge is 0.398 e. The summed E-state index contributed by atoms with van der Waals surface area (Å²) in [4.78, 5) is 23.1. The van der Waals surface area contributed by atoms with Crippen molar-refractivity contribution >= 4 is 11.9 Å².